The number of nitrogens with zero attached hydrogens (tertiary/aromatic N) is 1. The molecule has 3 aromatic rings. The van der Waals surface area contributed by atoms with Gasteiger partial charge in [0.25, 0.3) is 0 Å². The fourth-order valence-corrected chi connectivity index (χ4v) is 3.79. The molecule has 3 nitrogen and oxygen atoms in total. The van der Waals surface area contributed by atoms with Crippen molar-refractivity contribution in [2.45, 2.75) is 26.3 Å². The van der Waals surface area contributed by atoms with Gasteiger partial charge in [0.1, 0.15) is 5.15 Å². The van der Waals surface area contributed by atoms with Crippen LogP contribution in [0.15, 0.2) is 72.4 Å². The van der Waals surface area contributed by atoms with Crippen LogP contribution in [-0.4, -0.2) is 10.9 Å². The maximum Gasteiger partial charge on any atom is 0.248 e. The third-order valence-electron chi connectivity index (χ3n) is 5.31. The van der Waals surface area contributed by atoms with E-state index in [4.69, 9.17) is 11.6 Å². The highest BCUT2D eigenvalue weighted by Crippen LogP contribution is 2.32. The number of aromatic nitrogens is 1. The summed E-state index contributed by atoms with van der Waals surface area (Å²) >= 11 is 5.88. The van der Waals surface area contributed by atoms with E-state index in [0.29, 0.717) is 11.6 Å². The molecule has 4 heteroatoms. The van der Waals surface area contributed by atoms with Crippen LogP contribution in [0, 0.1) is 0 Å². The molecule has 140 valence electrons. The first-order valence-corrected chi connectivity index (χ1v) is 9.71. The van der Waals surface area contributed by atoms with Crippen molar-refractivity contribution in [1.29, 1.82) is 0 Å². The number of benzene rings is 2. The van der Waals surface area contributed by atoms with Crippen molar-refractivity contribution in [1.82, 2.24) is 10.3 Å². The lowest BCUT2D eigenvalue weighted by Crippen LogP contribution is -2.28. The van der Waals surface area contributed by atoms with Gasteiger partial charge in [0.15, 0.2) is 0 Å². The molecule has 1 N–H and O–H groups in total. The number of halogens is 1. The Kier molecular flexibility index (Phi) is 5.01. The molecule has 0 saturated carbocycles. The van der Waals surface area contributed by atoms with Crippen molar-refractivity contribution in [2.75, 3.05) is 0 Å². The van der Waals surface area contributed by atoms with Crippen LogP contribution in [-0.2, 0) is 11.2 Å². The first-order valence-electron chi connectivity index (χ1n) is 9.33. The molecule has 0 bridgehead atoms. The van der Waals surface area contributed by atoms with E-state index in [1.807, 2.05) is 50.2 Å². The normalized spacial score (nSPS) is 14.0. The molecule has 1 aliphatic rings. The molecule has 1 heterocycles. The van der Waals surface area contributed by atoms with Crippen LogP contribution >= 0.6 is 11.6 Å². The third kappa shape index (κ3) is 3.58. The van der Waals surface area contributed by atoms with E-state index in [-0.39, 0.29) is 11.9 Å². The minimum Gasteiger partial charge on any atom is -0.346 e. The SMILES string of the molecule is CC1=C(C(=O)N[C@@H](C)c2cccc(-c3ccc(Cl)nc3)c2)Cc2ccccc21. The highest BCUT2D eigenvalue weighted by atomic mass is 35.5. The molecule has 28 heavy (non-hydrogen) atoms. The zero-order chi connectivity index (χ0) is 19.7. The van der Waals surface area contributed by atoms with Crippen molar-refractivity contribution < 1.29 is 4.79 Å². The van der Waals surface area contributed by atoms with E-state index in [1.165, 1.54) is 11.1 Å². The Morgan fingerprint density at radius 1 is 1.07 bits per heavy atom. The molecular formula is C24H21ClN2O. The number of nitrogens with one attached hydrogen (secondary N) is 1. The highest BCUT2D eigenvalue weighted by molar-refractivity contribution is 6.29. The number of rotatable bonds is 4. The molecule has 0 saturated heterocycles. The summed E-state index contributed by atoms with van der Waals surface area (Å²) in [6.07, 6.45) is 2.45. The monoisotopic (exact) mass is 388 g/mol. The third-order valence-corrected chi connectivity index (χ3v) is 5.53. The number of pyridine rings is 1. The van der Waals surface area contributed by atoms with E-state index >= 15 is 0 Å². The number of allylic oxidation sites excluding steroid dienone is 1. The van der Waals surface area contributed by atoms with Gasteiger partial charge >= 0.3 is 0 Å². The fraction of sp³-hybridized carbons (Fsp3) is 0.167. The predicted molar refractivity (Wildman–Crippen MR) is 114 cm³/mol. The Balaban J connectivity index is 1.52. The van der Waals surface area contributed by atoms with Crippen molar-refractivity contribution in [2.24, 2.45) is 0 Å². The minimum absolute atomic E-state index is 0.000220. The molecule has 1 aliphatic carbocycles. The number of hydrogen-bond acceptors (Lipinski definition) is 2. The van der Waals surface area contributed by atoms with Gasteiger partial charge in [-0.05, 0) is 59.9 Å². The van der Waals surface area contributed by atoms with E-state index in [1.54, 1.807) is 12.3 Å². The van der Waals surface area contributed by atoms with Crippen LogP contribution in [0.2, 0.25) is 5.15 Å². The first-order chi connectivity index (χ1) is 13.5. The van der Waals surface area contributed by atoms with Gasteiger partial charge < -0.3 is 5.32 Å². The average molecular weight is 389 g/mol. The number of fused-ring (bicyclic) bond motifs is 1. The molecule has 0 radical (unpaired) electrons. The van der Waals surface area contributed by atoms with Crippen LogP contribution in [0.5, 0.6) is 0 Å². The number of amides is 1. The largest absolute Gasteiger partial charge is 0.346 e. The summed E-state index contributed by atoms with van der Waals surface area (Å²) in [6, 6.07) is 20.0. The Morgan fingerprint density at radius 2 is 1.89 bits per heavy atom. The summed E-state index contributed by atoms with van der Waals surface area (Å²) in [4.78, 5) is 17.1. The highest BCUT2D eigenvalue weighted by Gasteiger charge is 2.24. The zero-order valence-electron chi connectivity index (χ0n) is 15.9. The number of carbonyl (C=O) groups is 1. The maximum atomic E-state index is 12.9. The lowest BCUT2D eigenvalue weighted by Gasteiger charge is -2.16. The van der Waals surface area contributed by atoms with Crippen LogP contribution < -0.4 is 5.32 Å². The molecule has 0 spiro atoms. The van der Waals surface area contributed by atoms with Crippen LogP contribution in [0.4, 0.5) is 0 Å². The topological polar surface area (TPSA) is 42.0 Å². The van der Waals surface area contributed by atoms with E-state index < -0.39 is 0 Å². The molecule has 2 aromatic carbocycles. The zero-order valence-corrected chi connectivity index (χ0v) is 16.6. The molecule has 0 fully saturated rings. The average Bonchev–Trinajstić information content (AvgIpc) is 3.06. The van der Waals surface area contributed by atoms with E-state index in [2.05, 4.69) is 28.5 Å². The molecular weight excluding hydrogens is 368 g/mol. The van der Waals surface area contributed by atoms with Crippen molar-refractivity contribution in [3.05, 3.63) is 94.3 Å². The number of hydrogen-bond donors (Lipinski definition) is 1. The molecule has 0 aliphatic heterocycles. The summed E-state index contributed by atoms with van der Waals surface area (Å²) in [5.41, 5.74) is 7.41. The van der Waals surface area contributed by atoms with Crippen molar-refractivity contribution in [3.63, 3.8) is 0 Å². The second-order valence-corrected chi connectivity index (χ2v) is 7.51. The van der Waals surface area contributed by atoms with Gasteiger partial charge in [-0.2, -0.15) is 0 Å². The lowest BCUT2D eigenvalue weighted by atomic mass is 10.0. The Morgan fingerprint density at radius 3 is 2.64 bits per heavy atom. The van der Waals surface area contributed by atoms with E-state index in [0.717, 1.165) is 27.8 Å². The van der Waals surface area contributed by atoms with Crippen molar-refractivity contribution >= 4 is 23.1 Å². The fourth-order valence-electron chi connectivity index (χ4n) is 3.68. The Labute approximate surface area is 170 Å². The van der Waals surface area contributed by atoms with E-state index in [9.17, 15) is 4.79 Å². The smallest absolute Gasteiger partial charge is 0.248 e. The van der Waals surface area contributed by atoms with Crippen LogP contribution in [0.3, 0.4) is 0 Å². The lowest BCUT2D eigenvalue weighted by molar-refractivity contribution is -0.118. The number of carbonyl (C=O) groups excluding carboxylic acids is 1. The second kappa shape index (κ2) is 7.61. The van der Waals surface area contributed by atoms with Crippen LogP contribution in [0.1, 0.15) is 36.6 Å². The molecule has 0 unspecified atom stereocenters. The molecule has 1 atom stereocenters. The Hall–Kier alpha value is -2.91. The van der Waals surface area contributed by atoms with Gasteiger partial charge in [-0.1, -0.05) is 54.1 Å². The first kappa shape index (κ1) is 18.5. The Bertz CT molecular complexity index is 1070. The second-order valence-electron chi connectivity index (χ2n) is 7.13. The van der Waals surface area contributed by atoms with Gasteiger partial charge in [0, 0.05) is 23.8 Å². The van der Waals surface area contributed by atoms with Gasteiger partial charge in [-0.3, -0.25) is 4.79 Å². The maximum absolute atomic E-state index is 12.9. The summed E-state index contributed by atoms with van der Waals surface area (Å²) in [7, 11) is 0. The molecule has 1 amide bonds. The summed E-state index contributed by atoms with van der Waals surface area (Å²) in [5.74, 6) is -0.000220. The van der Waals surface area contributed by atoms with Gasteiger partial charge in [0.2, 0.25) is 5.91 Å². The van der Waals surface area contributed by atoms with Gasteiger partial charge in [0.05, 0.1) is 6.04 Å². The minimum atomic E-state index is -0.100. The predicted octanol–water partition coefficient (Wildman–Crippen LogP) is 5.61. The van der Waals surface area contributed by atoms with Crippen LogP contribution in [0.25, 0.3) is 16.7 Å². The quantitative estimate of drug-likeness (QED) is 0.590. The summed E-state index contributed by atoms with van der Waals surface area (Å²) < 4.78 is 0. The summed E-state index contributed by atoms with van der Waals surface area (Å²) in [5, 5.41) is 3.63. The van der Waals surface area contributed by atoms with Crippen molar-refractivity contribution in [3.8, 4) is 11.1 Å². The molecule has 4 rings (SSSR count). The van der Waals surface area contributed by atoms with Gasteiger partial charge in [-0.25, -0.2) is 4.98 Å². The molecule has 1 aromatic heterocycles. The summed E-state index contributed by atoms with van der Waals surface area (Å²) in [6.45, 7) is 4.04. The standard InChI is InChI=1S/C24H21ClN2O/c1-15-21-9-4-3-6-19(21)13-22(15)24(28)27-16(2)17-7-5-8-18(12-17)20-10-11-23(25)26-14-20/h3-12,14,16H,13H2,1-2H3,(H,27,28)/t16-/m0/s1. The van der Waals surface area contributed by atoms with Gasteiger partial charge in [-0.15, -0.1) is 0 Å².